The van der Waals surface area contributed by atoms with Gasteiger partial charge >= 0.3 is 0 Å². The minimum absolute atomic E-state index is 0.0206. The number of benzene rings is 2. The molecule has 34 heavy (non-hydrogen) atoms. The van der Waals surface area contributed by atoms with Gasteiger partial charge in [0.05, 0.1) is 10.8 Å². The van der Waals surface area contributed by atoms with Gasteiger partial charge in [-0.1, -0.05) is 32.9 Å². The predicted molar refractivity (Wildman–Crippen MR) is 134 cm³/mol. The van der Waals surface area contributed by atoms with Crippen molar-refractivity contribution in [1.29, 1.82) is 0 Å². The Labute approximate surface area is 203 Å². The van der Waals surface area contributed by atoms with Crippen LogP contribution in [-0.4, -0.2) is 44.3 Å². The average molecular weight is 486 g/mol. The van der Waals surface area contributed by atoms with Crippen molar-refractivity contribution in [3.63, 3.8) is 0 Å². The van der Waals surface area contributed by atoms with E-state index in [0.717, 1.165) is 18.4 Å². The summed E-state index contributed by atoms with van der Waals surface area (Å²) < 4.78 is 28.1. The molecular weight excluding hydrogens is 450 g/mol. The van der Waals surface area contributed by atoms with E-state index >= 15 is 0 Å². The van der Waals surface area contributed by atoms with E-state index in [1.54, 1.807) is 41.3 Å². The lowest BCUT2D eigenvalue weighted by molar-refractivity contribution is -0.126. The van der Waals surface area contributed by atoms with Crippen molar-refractivity contribution < 1.29 is 18.0 Å². The van der Waals surface area contributed by atoms with Crippen molar-refractivity contribution in [2.45, 2.75) is 63.8 Å². The second kappa shape index (κ2) is 10.2. The first-order chi connectivity index (χ1) is 15.9. The first kappa shape index (κ1) is 25.7. The van der Waals surface area contributed by atoms with Crippen molar-refractivity contribution in [2.24, 2.45) is 5.92 Å². The zero-order valence-electron chi connectivity index (χ0n) is 20.6. The fourth-order valence-electron chi connectivity index (χ4n) is 3.99. The van der Waals surface area contributed by atoms with Crippen LogP contribution >= 0.6 is 0 Å². The molecule has 2 N–H and O–H groups in total. The Morgan fingerprint density at radius 2 is 1.62 bits per heavy atom. The van der Waals surface area contributed by atoms with Gasteiger partial charge in [0, 0.05) is 30.4 Å². The Bertz CT molecular complexity index is 1120. The fourth-order valence-corrected chi connectivity index (χ4v) is 5.05. The Balaban J connectivity index is 1.66. The number of piperidine rings is 1. The topological polar surface area (TPSA) is 95.6 Å². The van der Waals surface area contributed by atoms with E-state index in [1.165, 1.54) is 0 Å². The molecule has 2 aromatic carbocycles. The Morgan fingerprint density at radius 1 is 1.00 bits per heavy atom. The van der Waals surface area contributed by atoms with Gasteiger partial charge in [-0.15, -0.1) is 0 Å². The molecule has 1 saturated heterocycles. The van der Waals surface area contributed by atoms with E-state index in [-0.39, 0.29) is 34.1 Å². The van der Waals surface area contributed by atoms with Crippen LogP contribution < -0.4 is 10.0 Å². The Kier molecular flexibility index (Phi) is 7.70. The zero-order chi connectivity index (χ0) is 25.1. The summed E-state index contributed by atoms with van der Waals surface area (Å²) in [6.45, 7) is 11.0. The number of amides is 2. The highest BCUT2D eigenvalue weighted by atomic mass is 32.2. The smallest absolute Gasteiger partial charge is 0.261 e. The van der Waals surface area contributed by atoms with Crippen LogP contribution in [0.5, 0.6) is 0 Å². The molecule has 1 fully saturated rings. The summed E-state index contributed by atoms with van der Waals surface area (Å²) in [6.07, 6.45) is 1.54. The molecule has 2 aromatic rings. The second-order valence-corrected chi connectivity index (χ2v) is 11.9. The molecule has 184 valence electrons. The van der Waals surface area contributed by atoms with Crippen LogP contribution in [0.2, 0.25) is 0 Å². The number of sulfonamides is 1. The van der Waals surface area contributed by atoms with E-state index in [1.807, 2.05) is 26.0 Å². The molecule has 0 aromatic heterocycles. The van der Waals surface area contributed by atoms with Gasteiger partial charge in [-0.2, -0.15) is 0 Å². The molecule has 0 unspecified atom stereocenters. The number of nitrogens with zero attached hydrogens (tertiary/aromatic N) is 1. The highest BCUT2D eigenvalue weighted by Gasteiger charge is 2.29. The number of hydrogen-bond acceptors (Lipinski definition) is 4. The number of nitrogens with one attached hydrogen (secondary N) is 2. The van der Waals surface area contributed by atoms with Crippen LogP contribution in [0.4, 0.5) is 5.69 Å². The van der Waals surface area contributed by atoms with Gasteiger partial charge < -0.3 is 10.2 Å². The van der Waals surface area contributed by atoms with Gasteiger partial charge in [-0.05, 0) is 74.1 Å². The normalized spacial score (nSPS) is 16.9. The summed E-state index contributed by atoms with van der Waals surface area (Å²) in [5, 5.41) is 2.92. The van der Waals surface area contributed by atoms with Gasteiger partial charge in [0.1, 0.15) is 0 Å². The van der Waals surface area contributed by atoms with Crippen LogP contribution in [0, 0.1) is 5.92 Å². The summed E-state index contributed by atoms with van der Waals surface area (Å²) in [4.78, 5) is 27.2. The number of anilines is 1. The summed E-state index contributed by atoms with van der Waals surface area (Å²) in [5.41, 5.74) is 1.83. The third kappa shape index (κ3) is 6.38. The monoisotopic (exact) mass is 485 g/mol. The van der Waals surface area contributed by atoms with Crippen molar-refractivity contribution in [3.8, 4) is 0 Å². The fraction of sp³-hybridized carbons (Fsp3) is 0.462. The number of rotatable bonds is 6. The predicted octanol–water partition coefficient (Wildman–Crippen LogP) is 4.16. The third-order valence-electron chi connectivity index (χ3n) is 5.93. The molecular formula is C26H35N3O4S. The Morgan fingerprint density at radius 3 is 2.18 bits per heavy atom. The molecule has 0 bridgehead atoms. The summed E-state index contributed by atoms with van der Waals surface area (Å²) in [5.74, 6) is -0.391. The van der Waals surface area contributed by atoms with Crippen molar-refractivity contribution in [3.05, 3.63) is 59.7 Å². The van der Waals surface area contributed by atoms with Gasteiger partial charge in [0.2, 0.25) is 5.91 Å². The minimum Gasteiger partial charge on any atom is -0.354 e. The van der Waals surface area contributed by atoms with Crippen molar-refractivity contribution in [1.82, 2.24) is 10.2 Å². The van der Waals surface area contributed by atoms with E-state index in [2.05, 4.69) is 30.8 Å². The average Bonchev–Trinajstić information content (AvgIpc) is 2.78. The first-order valence-electron chi connectivity index (χ1n) is 11.7. The zero-order valence-corrected chi connectivity index (χ0v) is 21.4. The molecule has 1 heterocycles. The van der Waals surface area contributed by atoms with Crippen LogP contribution in [0.1, 0.15) is 63.4 Å². The van der Waals surface area contributed by atoms with E-state index in [9.17, 15) is 18.0 Å². The molecule has 2 amide bonds. The van der Waals surface area contributed by atoms with Crippen LogP contribution in [-0.2, 0) is 20.2 Å². The van der Waals surface area contributed by atoms with E-state index in [4.69, 9.17) is 0 Å². The minimum atomic E-state index is -3.75. The van der Waals surface area contributed by atoms with E-state index < -0.39 is 10.0 Å². The van der Waals surface area contributed by atoms with Gasteiger partial charge in [0.15, 0.2) is 0 Å². The highest BCUT2D eigenvalue weighted by molar-refractivity contribution is 7.92. The van der Waals surface area contributed by atoms with Crippen LogP contribution in [0.15, 0.2) is 53.4 Å². The molecule has 1 aliphatic heterocycles. The maximum atomic E-state index is 13.0. The lowest BCUT2D eigenvalue weighted by Gasteiger charge is -2.32. The maximum Gasteiger partial charge on any atom is 0.261 e. The van der Waals surface area contributed by atoms with Crippen molar-refractivity contribution >= 4 is 27.5 Å². The number of carbonyl (C=O) groups excluding carboxylic acids is 2. The number of likely N-dealkylation sites (tertiary alicyclic amines) is 1. The Hall–Kier alpha value is -2.87. The molecule has 8 heteroatoms. The lowest BCUT2D eigenvalue weighted by Crippen LogP contribution is -2.46. The van der Waals surface area contributed by atoms with Crippen molar-refractivity contribution in [2.75, 3.05) is 17.8 Å². The SMILES string of the molecule is CC(C)NC(=O)[C@@H]1CCCN(C(=O)c2ccc(NS(=O)(=O)c3ccc(C(C)(C)C)cc3)cc2)C1. The van der Waals surface area contributed by atoms with Crippen LogP contribution in [0.25, 0.3) is 0 Å². The standard InChI is InChI=1S/C26H35N3O4S/c1-18(2)27-24(30)20-7-6-16-29(17-20)25(31)19-8-12-22(13-9-19)28-34(32,33)23-14-10-21(11-15-23)26(3,4)5/h8-15,18,20,28H,6-7,16-17H2,1-5H3,(H,27,30)/t20-/m1/s1. The highest BCUT2D eigenvalue weighted by Crippen LogP contribution is 2.25. The molecule has 1 aliphatic rings. The van der Waals surface area contributed by atoms with Crippen LogP contribution in [0.3, 0.4) is 0 Å². The van der Waals surface area contributed by atoms with Gasteiger partial charge in [-0.3, -0.25) is 14.3 Å². The lowest BCUT2D eigenvalue weighted by atomic mass is 9.87. The first-order valence-corrected chi connectivity index (χ1v) is 13.2. The largest absolute Gasteiger partial charge is 0.354 e. The molecule has 0 radical (unpaired) electrons. The number of hydrogen-bond donors (Lipinski definition) is 2. The summed E-state index contributed by atoms with van der Waals surface area (Å²) in [7, 11) is -3.75. The molecule has 0 aliphatic carbocycles. The summed E-state index contributed by atoms with van der Waals surface area (Å²) in [6, 6.07) is 13.3. The quantitative estimate of drug-likeness (QED) is 0.642. The molecule has 0 spiro atoms. The second-order valence-electron chi connectivity index (χ2n) is 10.2. The molecule has 7 nitrogen and oxygen atoms in total. The molecule has 3 rings (SSSR count). The summed E-state index contributed by atoms with van der Waals surface area (Å²) >= 11 is 0. The molecule has 0 saturated carbocycles. The van der Waals surface area contributed by atoms with Gasteiger partial charge in [0.25, 0.3) is 15.9 Å². The van der Waals surface area contributed by atoms with Gasteiger partial charge in [-0.25, -0.2) is 8.42 Å². The number of carbonyl (C=O) groups is 2. The third-order valence-corrected chi connectivity index (χ3v) is 7.32. The molecule has 1 atom stereocenters. The maximum absolute atomic E-state index is 13.0. The van der Waals surface area contributed by atoms with E-state index in [0.29, 0.717) is 24.3 Å².